The second-order valence-electron chi connectivity index (χ2n) is 4.95. The zero-order chi connectivity index (χ0) is 15.4. The Balaban J connectivity index is 2.22. The molecular formula is C14H18BrN5O. The van der Waals surface area contributed by atoms with E-state index in [0.717, 1.165) is 12.2 Å². The molecule has 0 atom stereocenters. The highest BCUT2D eigenvalue weighted by Crippen LogP contribution is 2.22. The first kappa shape index (κ1) is 15.5. The Bertz CT molecular complexity index is 683. The van der Waals surface area contributed by atoms with Crippen LogP contribution in [0.2, 0.25) is 0 Å². The largest absolute Gasteiger partial charge is 0.399 e. The molecule has 0 spiro atoms. The van der Waals surface area contributed by atoms with Gasteiger partial charge in [-0.15, -0.1) is 0 Å². The summed E-state index contributed by atoms with van der Waals surface area (Å²) in [6, 6.07) is 7.32. The molecule has 7 heteroatoms. The number of hydrogen-bond donors (Lipinski definition) is 2. The Morgan fingerprint density at radius 3 is 2.86 bits per heavy atom. The first-order valence-electron chi connectivity index (χ1n) is 6.50. The molecule has 1 aromatic heterocycles. The molecule has 0 saturated heterocycles. The lowest BCUT2D eigenvalue weighted by atomic mass is 10.3. The average molecular weight is 352 g/mol. The zero-order valence-electron chi connectivity index (χ0n) is 12.0. The first-order valence-corrected chi connectivity index (χ1v) is 7.29. The van der Waals surface area contributed by atoms with Crippen LogP contribution < -0.4 is 16.6 Å². The smallest absolute Gasteiger partial charge is 0.283 e. The third kappa shape index (κ3) is 4.05. The van der Waals surface area contributed by atoms with Crippen molar-refractivity contribution in [2.75, 3.05) is 31.7 Å². The Labute approximate surface area is 131 Å². The summed E-state index contributed by atoms with van der Waals surface area (Å²) in [4.78, 5) is 14.2. The van der Waals surface area contributed by atoms with Crippen molar-refractivity contribution in [1.29, 1.82) is 0 Å². The predicted octanol–water partition coefficient (Wildman–Crippen LogP) is 1.89. The van der Waals surface area contributed by atoms with E-state index in [4.69, 9.17) is 5.73 Å². The molecule has 0 radical (unpaired) electrons. The Morgan fingerprint density at radius 2 is 2.19 bits per heavy atom. The van der Waals surface area contributed by atoms with E-state index in [1.807, 2.05) is 31.1 Å². The molecule has 3 N–H and O–H groups in total. The Hall–Kier alpha value is -1.86. The van der Waals surface area contributed by atoms with Gasteiger partial charge in [-0.25, -0.2) is 4.68 Å². The fraction of sp³-hybridized carbons (Fsp3) is 0.286. The number of aromatic nitrogens is 2. The normalized spacial score (nSPS) is 10.9. The Kier molecular flexibility index (Phi) is 4.98. The number of hydrogen-bond acceptors (Lipinski definition) is 5. The first-order chi connectivity index (χ1) is 9.97. The molecular weight excluding hydrogens is 334 g/mol. The van der Waals surface area contributed by atoms with Crippen LogP contribution >= 0.6 is 15.9 Å². The molecule has 0 aliphatic carbocycles. The molecule has 2 rings (SSSR count). The number of nitrogens with one attached hydrogen (secondary N) is 1. The van der Waals surface area contributed by atoms with Gasteiger partial charge >= 0.3 is 0 Å². The Morgan fingerprint density at radius 1 is 1.43 bits per heavy atom. The number of rotatable bonds is 5. The zero-order valence-corrected chi connectivity index (χ0v) is 13.6. The molecule has 0 saturated carbocycles. The molecule has 112 valence electrons. The van der Waals surface area contributed by atoms with Crippen LogP contribution in [0.4, 0.5) is 17.1 Å². The van der Waals surface area contributed by atoms with Gasteiger partial charge in [0.15, 0.2) is 0 Å². The van der Waals surface area contributed by atoms with Gasteiger partial charge in [0, 0.05) is 17.9 Å². The van der Waals surface area contributed by atoms with Crippen LogP contribution in [0, 0.1) is 0 Å². The number of halogens is 1. The summed E-state index contributed by atoms with van der Waals surface area (Å²) >= 11 is 3.33. The molecule has 0 fully saturated rings. The lowest BCUT2D eigenvalue weighted by Crippen LogP contribution is -2.29. The molecule has 1 aromatic carbocycles. The van der Waals surface area contributed by atoms with E-state index in [-0.39, 0.29) is 5.56 Å². The summed E-state index contributed by atoms with van der Waals surface area (Å²) < 4.78 is 1.90. The van der Waals surface area contributed by atoms with Gasteiger partial charge in [-0.2, -0.15) is 5.10 Å². The van der Waals surface area contributed by atoms with E-state index >= 15 is 0 Å². The molecule has 21 heavy (non-hydrogen) atoms. The maximum absolute atomic E-state index is 12.2. The van der Waals surface area contributed by atoms with Gasteiger partial charge < -0.3 is 16.0 Å². The van der Waals surface area contributed by atoms with Gasteiger partial charge in [-0.05, 0) is 48.2 Å². The van der Waals surface area contributed by atoms with Crippen LogP contribution in [0.3, 0.4) is 0 Å². The lowest BCUT2D eigenvalue weighted by Gasteiger charge is -2.13. The second kappa shape index (κ2) is 6.73. The average Bonchev–Trinajstić information content (AvgIpc) is 2.43. The van der Waals surface area contributed by atoms with Crippen LogP contribution in [0.15, 0.2) is 39.7 Å². The molecule has 0 unspecified atom stereocenters. The minimum atomic E-state index is -0.161. The van der Waals surface area contributed by atoms with E-state index < -0.39 is 0 Å². The van der Waals surface area contributed by atoms with Crippen molar-refractivity contribution in [2.24, 2.45) is 0 Å². The predicted molar refractivity (Wildman–Crippen MR) is 88.9 cm³/mol. The quantitative estimate of drug-likeness (QED) is 0.804. The minimum Gasteiger partial charge on any atom is -0.399 e. The molecule has 1 heterocycles. The fourth-order valence-electron chi connectivity index (χ4n) is 1.78. The third-order valence-electron chi connectivity index (χ3n) is 2.91. The van der Waals surface area contributed by atoms with Crippen molar-refractivity contribution in [1.82, 2.24) is 14.7 Å². The summed E-state index contributed by atoms with van der Waals surface area (Å²) in [5, 5.41) is 7.32. The SMILES string of the molecule is CN(C)CCn1ncc(Nc2cccc(N)c2)c(Br)c1=O. The van der Waals surface area contributed by atoms with Gasteiger partial charge in [-0.3, -0.25) is 4.79 Å². The molecule has 0 aliphatic heterocycles. The fourth-order valence-corrected chi connectivity index (χ4v) is 2.18. The minimum absolute atomic E-state index is 0.161. The summed E-state index contributed by atoms with van der Waals surface area (Å²) in [5.41, 5.74) is 7.65. The number of anilines is 3. The number of nitrogens with two attached hydrogens (primary N) is 1. The number of benzene rings is 1. The van der Waals surface area contributed by atoms with Crippen LogP contribution in [-0.2, 0) is 6.54 Å². The maximum Gasteiger partial charge on any atom is 0.283 e. The van der Waals surface area contributed by atoms with E-state index in [1.54, 1.807) is 18.3 Å². The highest BCUT2D eigenvalue weighted by Gasteiger charge is 2.09. The van der Waals surface area contributed by atoms with Crippen molar-refractivity contribution in [3.63, 3.8) is 0 Å². The molecule has 0 bridgehead atoms. The summed E-state index contributed by atoms with van der Waals surface area (Å²) in [6.07, 6.45) is 1.63. The van der Waals surface area contributed by atoms with Crippen LogP contribution in [0.5, 0.6) is 0 Å². The van der Waals surface area contributed by atoms with Crippen LogP contribution in [0.25, 0.3) is 0 Å². The van der Waals surface area contributed by atoms with Crippen molar-refractivity contribution >= 4 is 33.0 Å². The number of likely N-dealkylation sites (N-methyl/N-ethyl adjacent to an activating group) is 1. The lowest BCUT2D eigenvalue weighted by molar-refractivity contribution is 0.367. The van der Waals surface area contributed by atoms with Crippen LogP contribution in [0.1, 0.15) is 0 Å². The molecule has 2 aromatic rings. The summed E-state index contributed by atoms with van der Waals surface area (Å²) in [7, 11) is 3.91. The highest BCUT2D eigenvalue weighted by atomic mass is 79.9. The van der Waals surface area contributed by atoms with Gasteiger partial charge in [0.05, 0.1) is 18.4 Å². The van der Waals surface area contributed by atoms with E-state index in [1.165, 1.54) is 4.68 Å². The maximum atomic E-state index is 12.2. The third-order valence-corrected chi connectivity index (χ3v) is 3.68. The number of nitrogens with zero attached hydrogens (tertiary/aromatic N) is 3. The van der Waals surface area contributed by atoms with E-state index in [0.29, 0.717) is 22.4 Å². The van der Waals surface area contributed by atoms with E-state index in [2.05, 4.69) is 26.3 Å². The van der Waals surface area contributed by atoms with Gasteiger partial charge in [0.2, 0.25) is 0 Å². The molecule has 0 aliphatic rings. The summed E-state index contributed by atoms with van der Waals surface area (Å²) in [5.74, 6) is 0. The van der Waals surface area contributed by atoms with Crippen molar-refractivity contribution in [3.8, 4) is 0 Å². The van der Waals surface area contributed by atoms with Crippen molar-refractivity contribution in [3.05, 3.63) is 45.3 Å². The highest BCUT2D eigenvalue weighted by molar-refractivity contribution is 9.10. The van der Waals surface area contributed by atoms with Gasteiger partial charge in [0.1, 0.15) is 4.47 Å². The van der Waals surface area contributed by atoms with Crippen LogP contribution in [-0.4, -0.2) is 35.3 Å². The van der Waals surface area contributed by atoms with Crippen molar-refractivity contribution in [2.45, 2.75) is 6.54 Å². The van der Waals surface area contributed by atoms with Gasteiger partial charge in [-0.1, -0.05) is 6.07 Å². The molecule has 0 amide bonds. The van der Waals surface area contributed by atoms with Gasteiger partial charge in [0.25, 0.3) is 5.56 Å². The second-order valence-corrected chi connectivity index (χ2v) is 5.75. The summed E-state index contributed by atoms with van der Waals surface area (Å²) in [6.45, 7) is 1.30. The standard InChI is InChI=1S/C14H18BrN5O/c1-19(2)6-7-20-14(21)13(15)12(9-17-20)18-11-5-3-4-10(16)8-11/h3-5,8-9,18H,6-7,16H2,1-2H3. The monoisotopic (exact) mass is 351 g/mol. The molecule has 6 nitrogen and oxygen atoms in total. The topological polar surface area (TPSA) is 76.2 Å². The number of nitrogen functional groups attached to an aromatic ring is 1. The van der Waals surface area contributed by atoms with Crippen molar-refractivity contribution < 1.29 is 0 Å². The van der Waals surface area contributed by atoms with E-state index in [9.17, 15) is 4.79 Å².